The monoisotopic (exact) mass is 339 g/mol. The van der Waals surface area contributed by atoms with Gasteiger partial charge in [0.25, 0.3) is 0 Å². The molecule has 2 unspecified atom stereocenters. The van der Waals surface area contributed by atoms with Gasteiger partial charge in [0, 0.05) is 28.9 Å². The topological polar surface area (TPSA) is 93.4 Å². The van der Waals surface area contributed by atoms with E-state index in [9.17, 15) is 9.59 Å². The Morgan fingerprint density at radius 2 is 2.04 bits per heavy atom. The highest BCUT2D eigenvalue weighted by Crippen LogP contribution is 2.21. The highest BCUT2D eigenvalue weighted by atomic mass is 32.1. The van der Waals surface area contributed by atoms with E-state index in [1.807, 2.05) is 26.8 Å². The summed E-state index contributed by atoms with van der Waals surface area (Å²) in [4.78, 5) is 24.1. The quantitative estimate of drug-likeness (QED) is 0.768. The number of primary amides is 1. The first kappa shape index (κ1) is 17.7. The molecule has 2 rings (SSSR count). The molecule has 1 aliphatic rings. The molecule has 1 fully saturated rings. The summed E-state index contributed by atoms with van der Waals surface area (Å²) in [6.45, 7) is 6.22. The standard InChI is InChI=1S/C16H25N3O3S/c1-16(2,3)22-15(21)19-13-6-4-5-12(13)18-8-11-7-10(9-23-11)14(17)20/h7,9,12-13,18H,4-6,8H2,1-3H3,(H2,17,20)(H,19,21). The average molecular weight is 339 g/mol. The molecule has 1 saturated carbocycles. The Balaban J connectivity index is 1.84. The summed E-state index contributed by atoms with van der Waals surface area (Å²) in [5.74, 6) is -0.405. The van der Waals surface area contributed by atoms with Gasteiger partial charge in [-0.05, 0) is 46.1 Å². The van der Waals surface area contributed by atoms with Crippen LogP contribution in [0.5, 0.6) is 0 Å². The molecular formula is C16H25N3O3S. The number of carbonyl (C=O) groups is 2. The molecule has 128 valence electrons. The molecule has 7 heteroatoms. The second-order valence-corrected chi connectivity index (χ2v) is 7.83. The number of ether oxygens (including phenoxy) is 1. The van der Waals surface area contributed by atoms with Gasteiger partial charge in [-0.15, -0.1) is 11.3 Å². The van der Waals surface area contributed by atoms with Crippen LogP contribution in [-0.4, -0.2) is 29.7 Å². The Bertz CT molecular complexity index is 565. The molecule has 6 nitrogen and oxygen atoms in total. The Morgan fingerprint density at radius 3 is 2.65 bits per heavy atom. The zero-order chi connectivity index (χ0) is 17.0. The van der Waals surface area contributed by atoms with Gasteiger partial charge >= 0.3 is 6.09 Å². The van der Waals surface area contributed by atoms with Gasteiger partial charge in [0.2, 0.25) is 5.91 Å². The number of thiophene rings is 1. The minimum atomic E-state index is -0.492. The van der Waals surface area contributed by atoms with Gasteiger partial charge in [0.15, 0.2) is 0 Å². The van der Waals surface area contributed by atoms with Crippen molar-refractivity contribution in [2.24, 2.45) is 5.73 Å². The molecule has 2 amide bonds. The van der Waals surface area contributed by atoms with E-state index in [0.717, 1.165) is 24.1 Å². The summed E-state index contributed by atoms with van der Waals surface area (Å²) >= 11 is 1.51. The van der Waals surface area contributed by atoms with Gasteiger partial charge in [-0.2, -0.15) is 0 Å². The van der Waals surface area contributed by atoms with Crippen LogP contribution >= 0.6 is 11.3 Å². The van der Waals surface area contributed by atoms with Gasteiger partial charge in [0.05, 0.1) is 5.56 Å². The third-order valence-electron chi connectivity index (χ3n) is 3.69. The Kier molecular flexibility index (Phi) is 5.64. The zero-order valence-electron chi connectivity index (χ0n) is 13.8. The molecule has 1 aromatic heterocycles. The molecule has 1 aliphatic carbocycles. The van der Waals surface area contributed by atoms with Crippen LogP contribution in [0.4, 0.5) is 4.79 Å². The van der Waals surface area contributed by atoms with Gasteiger partial charge in [-0.25, -0.2) is 4.79 Å². The molecule has 4 N–H and O–H groups in total. The van der Waals surface area contributed by atoms with E-state index < -0.39 is 11.5 Å². The van der Waals surface area contributed by atoms with E-state index in [4.69, 9.17) is 10.5 Å². The van der Waals surface area contributed by atoms with E-state index in [0.29, 0.717) is 12.1 Å². The van der Waals surface area contributed by atoms with Crippen molar-refractivity contribution >= 4 is 23.3 Å². The lowest BCUT2D eigenvalue weighted by atomic mass is 10.1. The van der Waals surface area contributed by atoms with Crippen LogP contribution in [0.3, 0.4) is 0 Å². The van der Waals surface area contributed by atoms with Gasteiger partial charge < -0.3 is 21.1 Å². The molecular weight excluding hydrogens is 314 g/mol. The van der Waals surface area contributed by atoms with Crippen molar-refractivity contribution < 1.29 is 14.3 Å². The van der Waals surface area contributed by atoms with Crippen molar-refractivity contribution in [3.05, 3.63) is 21.9 Å². The molecule has 23 heavy (non-hydrogen) atoms. The van der Waals surface area contributed by atoms with Crippen molar-refractivity contribution in [1.29, 1.82) is 0 Å². The predicted octanol–water partition coefficient (Wildman–Crippen LogP) is 2.38. The minimum Gasteiger partial charge on any atom is -0.444 e. The lowest BCUT2D eigenvalue weighted by Gasteiger charge is -2.25. The number of rotatable bonds is 5. The van der Waals surface area contributed by atoms with Gasteiger partial charge in [-0.3, -0.25) is 4.79 Å². The molecule has 1 heterocycles. The van der Waals surface area contributed by atoms with Crippen molar-refractivity contribution in [3.8, 4) is 0 Å². The van der Waals surface area contributed by atoms with Crippen LogP contribution in [-0.2, 0) is 11.3 Å². The van der Waals surface area contributed by atoms with Crippen LogP contribution in [0.1, 0.15) is 55.3 Å². The smallest absolute Gasteiger partial charge is 0.407 e. The summed E-state index contributed by atoms with van der Waals surface area (Å²) in [5.41, 5.74) is 5.31. The first-order valence-electron chi connectivity index (χ1n) is 7.85. The average Bonchev–Trinajstić information content (AvgIpc) is 3.02. The highest BCUT2D eigenvalue weighted by molar-refractivity contribution is 7.10. The van der Waals surface area contributed by atoms with Crippen molar-refractivity contribution in [2.45, 2.75) is 64.3 Å². The van der Waals surface area contributed by atoms with Crippen molar-refractivity contribution in [2.75, 3.05) is 0 Å². The minimum absolute atomic E-state index is 0.0698. The Morgan fingerprint density at radius 1 is 1.35 bits per heavy atom. The second kappa shape index (κ2) is 7.31. The van der Waals surface area contributed by atoms with Gasteiger partial charge in [0.1, 0.15) is 5.60 Å². The maximum atomic E-state index is 11.9. The fourth-order valence-corrected chi connectivity index (χ4v) is 3.49. The maximum absolute atomic E-state index is 11.9. The number of nitrogens with two attached hydrogens (primary N) is 1. The molecule has 0 radical (unpaired) electrons. The Hall–Kier alpha value is -1.60. The molecule has 0 bridgehead atoms. The van der Waals surface area contributed by atoms with Crippen molar-refractivity contribution in [1.82, 2.24) is 10.6 Å². The fraction of sp³-hybridized carbons (Fsp3) is 0.625. The number of amides is 2. The first-order valence-corrected chi connectivity index (χ1v) is 8.72. The van der Waals surface area contributed by atoms with Crippen LogP contribution in [0.2, 0.25) is 0 Å². The summed E-state index contributed by atoms with van der Waals surface area (Å²) in [7, 11) is 0. The second-order valence-electron chi connectivity index (χ2n) is 6.84. The number of hydrogen-bond donors (Lipinski definition) is 3. The number of nitrogens with one attached hydrogen (secondary N) is 2. The summed E-state index contributed by atoms with van der Waals surface area (Å²) < 4.78 is 5.31. The van der Waals surface area contributed by atoms with E-state index in [1.54, 1.807) is 5.38 Å². The number of hydrogen-bond acceptors (Lipinski definition) is 5. The van der Waals surface area contributed by atoms with Crippen LogP contribution in [0.15, 0.2) is 11.4 Å². The highest BCUT2D eigenvalue weighted by Gasteiger charge is 2.29. The predicted molar refractivity (Wildman–Crippen MR) is 90.5 cm³/mol. The number of carbonyl (C=O) groups excluding carboxylic acids is 2. The summed E-state index contributed by atoms with van der Waals surface area (Å²) in [6.07, 6.45) is 2.64. The SMILES string of the molecule is CC(C)(C)OC(=O)NC1CCCC1NCc1cc(C(N)=O)cs1. The molecule has 0 saturated heterocycles. The zero-order valence-corrected chi connectivity index (χ0v) is 14.7. The first-order chi connectivity index (χ1) is 10.7. The van der Waals surface area contributed by atoms with Crippen LogP contribution < -0.4 is 16.4 Å². The van der Waals surface area contributed by atoms with E-state index in [-0.39, 0.29) is 18.2 Å². The van der Waals surface area contributed by atoms with Gasteiger partial charge in [-0.1, -0.05) is 0 Å². The maximum Gasteiger partial charge on any atom is 0.407 e. The van der Waals surface area contributed by atoms with Crippen LogP contribution in [0.25, 0.3) is 0 Å². The molecule has 2 atom stereocenters. The van der Waals surface area contributed by atoms with E-state index in [1.165, 1.54) is 11.3 Å². The van der Waals surface area contributed by atoms with E-state index >= 15 is 0 Å². The molecule has 0 aliphatic heterocycles. The number of alkyl carbamates (subject to hydrolysis) is 1. The Labute approximate surface area is 140 Å². The van der Waals surface area contributed by atoms with Crippen LogP contribution in [0, 0.1) is 0 Å². The molecule has 1 aromatic rings. The molecule has 0 spiro atoms. The normalized spacial score (nSPS) is 21.2. The van der Waals surface area contributed by atoms with E-state index in [2.05, 4.69) is 10.6 Å². The third kappa shape index (κ3) is 5.51. The lowest BCUT2D eigenvalue weighted by molar-refractivity contribution is 0.0498. The largest absolute Gasteiger partial charge is 0.444 e. The molecule has 0 aromatic carbocycles. The summed E-state index contributed by atoms with van der Waals surface area (Å²) in [5, 5.41) is 8.18. The van der Waals surface area contributed by atoms with Crippen molar-refractivity contribution in [3.63, 3.8) is 0 Å². The fourth-order valence-electron chi connectivity index (χ4n) is 2.67. The lowest BCUT2D eigenvalue weighted by Crippen LogP contribution is -2.47. The summed E-state index contributed by atoms with van der Waals surface area (Å²) in [6, 6.07) is 2.09. The third-order valence-corrected chi connectivity index (χ3v) is 4.63.